The number of nitrogens with zero attached hydrogens (tertiary/aromatic N) is 4. The summed E-state index contributed by atoms with van der Waals surface area (Å²) in [5.41, 5.74) is 3.81. The molecular formula is C22H33N5S. The van der Waals surface area contributed by atoms with Crippen LogP contribution in [0, 0.1) is 13.8 Å². The number of benzene rings is 1. The molecule has 0 saturated carbocycles. The van der Waals surface area contributed by atoms with Crippen molar-refractivity contribution in [1.29, 1.82) is 0 Å². The maximum absolute atomic E-state index is 4.51. The van der Waals surface area contributed by atoms with Crippen molar-refractivity contribution in [2.45, 2.75) is 46.1 Å². The summed E-state index contributed by atoms with van der Waals surface area (Å²) < 4.78 is 0. The summed E-state index contributed by atoms with van der Waals surface area (Å²) in [5.74, 6) is 0.930. The van der Waals surface area contributed by atoms with Crippen LogP contribution < -0.4 is 10.2 Å². The van der Waals surface area contributed by atoms with Gasteiger partial charge in [0.2, 0.25) is 0 Å². The fourth-order valence-electron chi connectivity index (χ4n) is 3.79. The summed E-state index contributed by atoms with van der Waals surface area (Å²) in [6.45, 7) is 8.25. The smallest absolute Gasteiger partial charge is 0.193 e. The van der Waals surface area contributed by atoms with Crippen LogP contribution in [-0.2, 0) is 13.0 Å². The zero-order valence-electron chi connectivity index (χ0n) is 17.7. The lowest BCUT2D eigenvalue weighted by molar-refractivity contribution is 0.477. The topological polar surface area (TPSA) is 43.8 Å². The molecule has 1 saturated heterocycles. The lowest BCUT2D eigenvalue weighted by Crippen LogP contribution is -2.39. The summed E-state index contributed by atoms with van der Waals surface area (Å²) in [4.78, 5) is 15.0. The molecule has 1 aliphatic heterocycles. The van der Waals surface area contributed by atoms with E-state index < -0.39 is 0 Å². The summed E-state index contributed by atoms with van der Waals surface area (Å²) in [6, 6.07) is 9.02. The van der Waals surface area contributed by atoms with Gasteiger partial charge in [0.1, 0.15) is 0 Å². The molecule has 152 valence electrons. The molecule has 0 radical (unpaired) electrons. The molecule has 6 heteroatoms. The Kier molecular flexibility index (Phi) is 7.31. The number of anilines is 1. The summed E-state index contributed by atoms with van der Waals surface area (Å²) in [5, 5.41) is 4.62. The Bertz CT molecular complexity index is 775. The van der Waals surface area contributed by atoms with Crippen molar-refractivity contribution in [2.75, 3.05) is 38.6 Å². The summed E-state index contributed by atoms with van der Waals surface area (Å²) in [6.07, 6.45) is 4.97. The average Bonchev–Trinajstić information content (AvgIpc) is 3.03. The number of guanidine groups is 1. The average molecular weight is 400 g/mol. The summed E-state index contributed by atoms with van der Waals surface area (Å²) in [7, 11) is 3.94. The fourth-order valence-corrected chi connectivity index (χ4v) is 4.73. The van der Waals surface area contributed by atoms with Crippen LogP contribution in [-0.4, -0.2) is 49.6 Å². The van der Waals surface area contributed by atoms with Gasteiger partial charge in [-0.3, -0.25) is 4.99 Å². The molecular weight excluding hydrogens is 366 g/mol. The molecule has 0 spiro atoms. The van der Waals surface area contributed by atoms with Crippen molar-refractivity contribution < 1.29 is 0 Å². The first-order valence-electron chi connectivity index (χ1n) is 10.3. The van der Waals surface area contributed by atoms with Crippen molar-refractivity contribution in [2.24, 2.45) is 4.99 Å². The number of nitrogens with one attached hydrogen (secondary N) is 1. The molecule has 0 bridgehead atoms. The number of rotatable bonds is 6. The van der Waals surface area contributed by atoms with E-state index in [0.717, 1.165) is 36.2 Å². The van der Waals surface area contributed by atoms with Gasteiger partial charge < -0.3 is 15.1 Å². The highest BCUT2D eigenvalue weighted by atomic mass is 32.1. The van der Waals surface area contributed by atoms with Crippen LogP contribution in [0.3, 0.4) is 0 Å². The molecule has 2 heterocycles. The number of hydrogen-bond acceptors (Lipinski definition) is 4. The third-order valence-corrected chi connectivity index (χ3v) is 6.42. The maximum atomic E-state index is 4.51. The van der Waals surface area contributed by atoms with Gasteiger partial charge in [0.25, 0.3) is 0 Å². The highest BCUT2D eigenvalue weighted by molar-refractivity contribution is 7.11. The SMILES string of the molecule is CN=C(NCCc1sc(C)nc1C)N(C)Cc1ccc(N2CCCCC2)cc1. The van der Waals surface area contributed by atoms with E-state index in [2.05, 4.69) is 70.3 Å². The monoisotopic (exact) mass is 399 g/mol. The first kappa shape index (κ1) is 20.6. The minimum Gasteiger partial charge on any atom is -0.372 e. The van der Waals surface area contributed by atoms with Crippen LogP contribution in [0.25, 0.3) is 0 Å². The highest BCUT2D eigenvalue weighted by Gasteiger charge is 2.12. The van der Waals surface area contributed by atoms with E-state index in [9.17, 15) is 0 Å². The van der Waals surface area contributed by atoms with Gasteiger partial charge in [0, 0.05) is 57.3 Å². The molecule has 0 aliphatic carbocycles. The van der Waals surface area contributed by atoms with Crippen LogP contribution in [0.2, 0.25) is 0 Å². The van der Waals surface area contributed by atoms with Gasteiger partial charge in [-0.15, -0.1) is 11.3 Å². The van der Waals surface area contributed by atoms with Crippen LogP contribution in [0.1, 0.15) is 40.4 Å². The van der Waals surface area contributed by atoms with Gasteiger partial charge in [-0.1, -0.05) is 12.1 Å². The standard InChI is InChI=1S/C22H33N5S/c1-17-21(28-18(2)25-17)12-13-24-22(23-3)26(4)16-19-8-10-20(11-9-19)27-14-6-5-7-15-27/h8-11H,5-7,12-16H2,1-4H3,(H,23,24). The number of piperidine rings is 1. The van der Waals surface area contributed by atoms with Crippen molar-refractivity contribution in [3.8, 4) is 0 Å². The van der Waals surface area contributed by atoms with Gasteiger partial charge in [-0.2, -0.15) is 0 Å². The number of aryl methyl sites for hydroxylation is 2. The van der Waals surface area contributed by atoms with Crippen LogP contribution in [0.15, 0.2) is 29.3 Å². The zero-order chi connectivity index (χ0) is 19.9. The Morgan fingerprint density at radius 1 is 1.18 bits per heavy atom. The minimum absolute atomic E-state index is 0.846. The Balaban J connectivity index is 1.50. The molecule has 3 rings (SSSR count). The maximum Gasteiger partial charge on any atom is 0.193 e. The van der Waals surface area contributed by atoms with Gasteiger partial charge in [0.15, 0.2) is 5.96 Å². The van der Waals surface area contributed by atoms with E-state index in [1.807, 2.05) is 7.05 Å². The second kappa shape index (κ2) is 9.92. The number of aliphatic imine (C=N–C) groups is 1. The predicted molar refractivity (Wildman–Crippen MR) is 121 cm³/mol. The van der Waals surface area contributed by atoms with Gasteiger partial charge in [-0.05, 0) is 50.8 Å². The van der Waals surface area contributed by atoms with E-state index in [4.69, 9.17) is 0 Å². The molecule has 2 aromatic rings. The molecule has 1 aromatic heterocycles. The Morgan fingerprint density at radius 3 is 2.50 bits per heavy atom. The molecule has 1 aliphatic rings. The first-order chi connectivity index (χ1) is 13.6. The normalized spacial score (nSPS) is 15.0. The van der Waals surface area contributed by atoms with E-state index in [1.54, 1.807) is 11.3 Å². The quantitative estimate of drug-likeness (QED) is 0.589. The number of hydrogen-bond donors (Lipinski definition) is 1. The Labute approximate surface area is 173 Å². The fraction of sp³-hybridized carbons (Fsp3) is 0.545. The van der Waals surface area contributed by atoms with Crippen molar-refractivity contribution in [3.63, 3.8) is 0 Å². The largest absolute Gasteiger partial charge is 0.372 e. The molecule has 0 unspecified atom stereocenters. The second-order valence-electron chi connectivity index (χ2n) is 7.54. The lowest BCUT2D eigenvalue weighted by Gasteiger charge is -2.29. The van der Waals surface area contributed by atoms with E-state index in [0.29, 0.717) is 0 Å². The van der Waals surface area contributed by atoms with Gasteiger partial charge in [-0.25, -0.2) is 4.98 Å². The third kappa shape index (κ3) is 5.47. The summed E-state index contributed by atoms with van der Waals surface area (Å²) >= 11 is 1.79. The van der Waals surface area contributed by atoms with Crippen molar-refractivity contribution in [3.05, 3.63) is 45.4 Å². The van der Waals surface area contributed by atoms with Crippen LogP contribution in [0.5, 0.6) is 0 Å². The predicted octanol–water partition coefficient (Wildman–Crippen LogP) is 4.00. The van der Waals surface area contributed by atoms with Gasteiger partial charge in [0.05, 0.1) is 10.7 Å². The highest BCUT2D eigenvalue weighted by Crippen LogP contribution is 2.21. The molecule has 1 fully saturated rings. The van der Waals surface area contributed by atoms with Crippen LogP contribution in [0.4, 0.5) is 5.69 Å². The second-order valence-corrected chi connectivity index (χ2v) is 8.82. The Hall–Kier alpha value is -2.08. The first-order valence-corrected chi connectivity index (χ1v) is 11.1. The number of thiazole rings is 1. The molecule has 28 heavy (non-hydrogen) atoms. The zero-order valence-corrected chi connectivity index (χ0v) is 18.5. The van der Waals surface area contributed by atoms with E-state index >= 15 is 0 Å². The van der Waals surface area contributed by atoms with Crippen molar-refractivity contribution >= 4 is 23.0 Å². The molecule has 1 aromatic carbocycles. The molecule has 1 N–H and O–H groups in total. The molecule has 5 nitrogen and oxygen atoms in total. The Morgan fingerprint density at radius 2 is 1.89 bits per heavy atom. The van der Waals surface area contributed by atoms with E-state index in [-0.39, 0.29) is 0 Å². The lowest BCUT2D eigenvalue weighted by atomic mass is 10.1. The van der Waals surface area contributed by atoms with E-state index in [1.165, 1.54) is 48.5 Å². The number of aromatic nitrogens is 1. The molecule has 0 atom stereocenters. The van der Waals surface area contributed by atoms with Gasteiger partial charge >= 0.3 is 0 Å². The van der Waals surface area contributed by atoms with Crippen molar-refractivity contribution in [1.82, 2.24) is 15.2 Å². The van der Waals surface area contributed by atoms with Crippen LogP contribution >= 0.6 is 11.3 Å². The minimum atomic E-state index is 0.846. The third-order valence-electron chi connectivity index (χ3n) is 5.29. The molecule has 0 amide bonds.